The molecule has 2 heterocycles. The number of carbonyl (C=O) groups is 1. The predicted octanol–water partition coefficient (Wildman–Crippen LogP) is 5.45. The topological polar surface area (TPSA) is 58.1 Å². The van der Waals surface area contributed by atoms with Crippen LogP contribution >= 0.6 is 0 Å². The van der Waals surface area contributed by atoms with Gasteiger partial charge in [-0.05, 0) is 69.2 Å². The van der Waals surface area contributed by atoms with Crippen molar-refractivity contribution in [3.05, 3.63) is 64.5 Å². The Morgan fingerprint density at radius 3 is 2.52 bits per heavy atom. The van der Waals surface area contributed by atoms with E-state index in [9.17, 15) is 4.79 Å². The number of anilines is 1. The van der Waals surface area contributed by atoms with Crippen molar-refractivity contribution >= 4 is 22.6 Å². The van der Waals surface area contributed by atoms with Crippen molar-refractivity contribution in [2.45, 2.75) is 59.4 Å². The van der Waals surface area contributed by atoms with Crippen LogP contribution in [0.25, 0.3) is 10.9 Å². The molecule has 5 heteroatoms. The van der Waals surface area contributed by atoms with Crippen LogP contribution in [0.5, 0.6) is 0 Å². The number of rotatable bonds is 4. The highest BCUT2D eigenvalue weighted by atomic mass is 16.2. The Balaban J connectivity index is 1.68. The number of benzene rings is 2. The third-order valence-corrected chi connectivity index (χ3v) is 6.43. The van der Waals surface area contributed by atoms with Crippen LogP contribution < -0.4 is 5.32 Å². The largest absolute Gasteiger partial charge is 0.363 e. The van der Waals surface area contributed by atoms with Gasteiger partial charge in [-0.25, -0.2) is 9.97 Å². The van der Waals surface area contributed by atoms with Gasteiger partial charge in [-0.3, -0.25) is 4.79 Å². The summed E-state index contributed by atoms with van der Waals surface area (Å²) in [6.45, 7) is 11.7. The zero-order chi connectivity index (χ0) is 22.1. The molecule has 1 N–H and O–H groups in total. The summed E-state index contributed by atoms with van der Waals surface area (Å²) in [6.07, 6.45) is 2.00. The van der Waals surface area contributed by atoms with Gasteiger partial charge in [0.25, 0.3) is 0 Å². The molecule has 3 aromatic rings. The Labute approximate surface area is 184 Å². The first kappa shape index (κ1) is 21.3. The van der Waals surface area contributed by atoms with Gasteiger partial charge in [-0.15, -0.1) is 0 Å². The lowest BCUT2D eigenvalue weighted by Crippen LogP contribution is -2.36. The van der Waals surface area contributed by atoms with Gasteiger partial charge in [0.05, 0.1) is 5.52 Å². The van der Waals surface area contributed by atoms with Crippen LogP contribution in [-0.4, -0.2) is 33.9 Å². The minimum Gasteiger partial charge on any atom is -0.363 e. The normalized spacial score (nSPS) is 15.8. The fourth-order valence-electron chi connectivity index (χ4n) is 4.65. The Morgan fingerprint density at radius 2 is 1.84 bits per heavy atom. The second-order valence-corrected chi connectivity index (χ2v) is 8.91. The number of carbonyl (C=O) groups excluding carboxylic acids is 1. The SMILES string of the molecule is CC(=O)N1CCC(c2cc(C)c3nc(C)nc(N[C@@H](C)c4cccc(C)c4)c3c2)CC1. The average molecular weight is 417 g/mol. The zero-order valence-corrected chi connectivity index (χ0v) is 19.2. The quantitative estimate of drug-likeness (QED) is 0.614. The van der Waals surface area contributed by atoms with Crippen molar-refractivity contribution < 1.29 is 4.79 Å². The molecular weight excluding hydrogens is 384 g/mol. The molecule has 1 amide bonds. The molecule has 1 atom stereocenters. The van der Waals surface area contributed by atoms with E-state index in [1.165, 1.54) is 22.3 Å². The van der Waals surface area contributed by atoms with Gasteiger partial charge in [0, 0.05) is 31.4 Å². The summed E-state index contributed by atoms with van der Waals surface area (Å²) >= 11 is 0. The van der Waals surface area contributed by atoms with Gasteiger partial charge >= 0.3 is 0 Å². The van der Waals surface area contributed by atoms with Gasteiger partial charge in [-0.1, -0.05) is 35.9 Å². The van der Waals surface area contributed by atoms with Crippen LogP contribution in [-0.2, 0) is 4.79 Å². The van der Waals surface area contributed by atoms with Gasteiger partial charge in [0.1, 0.15) is 11.6 Å². The molecule has 0 saturated carbocycles. The van der Waals surface area contributed by atoms with Crippen LogP contribution in [0.3, 0.4) is 0 Å². The van der Waals surface area contributed by atoms with E-state index < -0.39 is 0 Å². The fourth-order valence-corrected chi connectivity index (χ4v) is 4.65. The van der Waals surface area contributed by atoms with Crippen LogP contribution in [0.15, 0.2) is 36.4 Å². The number of likely N-dealkylation sites (tertiary alicyclic amines) is 1. The van der Waals surface area contributed by atoms with Crippen molar-refractivity contribution in [1.29, 1.82) is 0 Å². The molecule has 0 spiro atoms. The van der Waals surface area contributed by atoms with Gasteiger partial charge in [-0.2, -0.15) is 0 Å². The Hall–Kier alpha value is -2.95. The molecule has 1 aliphatic rings. The van der Waals surface area contributed by atoms with E-state index >= 15 is 0 Å². The number of amides is 1. The van der Waals surface area contributed by atoms with Crippen molar-refractivity contribution in [2.24, 2.45) is 0 Å². The molecule has 1 fully saturated rings. The first-order valence-corrected chi connectivity index (χ1v) is 11.2. The molecule has 31 heavy (non-hydrogen) atoms. The van der Waals surface area contributed by atoms with Crippen molar-refractivity contribution in [3.8, 4) is 0 Å². The highest BCUT2D eigenvalue weighted by Gasteiger charge is 2.23. The number of nitrogens with one attached hydrogen (secondary N) is 1. The average Bonchev–Trinajstić information content (AvgIpc) is 2.74. The lowest BCUT2D eigenvalue weighted by Gasteiger charge is -2.32. The highest BCUT2D eigenvalue weighted by molar-refractivity contribution is 5.92. The second-order valence-electron chi connectivity index (χ2n) is 8.91. The number of nitrogens with zero attached hydrogens (tertiary/aromatic N) is 3. The summed E-state index contributed by atoms with van der Waals surface area (Å²) < 4.78 is 0. The Morgan fingerprint density at radius 1 is 1.10 bits per heavy atom. The van der Waals surface area contributed by atoms with Crippen LogP contribution in [0.2, 0.25) is 0 Å². The van der Waals surface area contributed by atoms with E-state index in [0.717, 1.165) is 48.5 Å². The molecule has 1 aromatic heterocycles. The number of piperidine rings is 1. The molecule has 1 aliphatic heterocycles. The van der Waals surface area contributed by atoms with Gasteiger partial charge in [0.2, 0.25) is 5.91 Å². The first-order chi connectivity index (χ1) is 14.8. The molecule has 0 radical (unpaired) electrons. The number of aryl methyl sites for hydroxylation is 3. The standard InChI is InChI=1S/C26H32N4O/c1-16-7-6-8-22(13-16)18(3)27-26-24-15-23(14-17(2)25(24)28-19(4)29-26)21-9-11-30(12-10-21)20(5)31/h6-8,13-15,18,21H,9-12H2,1-5H3,(H,27,28,29)/t18-/m0/s1. The third-order valence-electron chi connectivity index (χ3n) is 6.43. The summed E-state index contributed by atoms with van der Waals surface area (Å²) in [6, 6.07) is 13.3. The van der Waals surface area contributed by atoms with E-state index in [1.807, 2.05) is 11.8 Å². The van der Waals surface area contributed by atoms with Crippen LogP contribution in [0.4, 0.5) is 5.82 Å². The maximum absolute atomic E-state index is 11.7. The van der Waals surface area contributed by atoms with Crippen LogP contribution in [0, 0.1) is 20.8 Å². The van der Waals surface area contributed by atoms with Crippen molar-refractivity contribution in [3.63, 3.8) is 0 Å². The third kappa shape index (κ3) is 4.55. The monoisotopic (exact) mass is 416 g/mol. The lowest BCUT2D eigenvalue weighted by molar-refractivity contribution is -0.129. The van der Waals surface area contributed by atoms with Crippen molar-refractivity contribution in [1.82, 2.24) is 14.9 Å². The molecule has 0 unspecified atom stereocenters. The van der Waals surface area contributed by atoms with Crippen LogP contribution in [0.1, 0.15) is 66.7 Å². The smallest absolute Gasteiger partial charge is 0.219 e. The highest BCUT2D eigenvalue weighted by Crippen LogP contribution is 2.34. The molecule has 5 nitrogen and oxygen atoms in total. The second kappa shape index (κ2) is 8.66. The molecule has 4 rings (SSSR count). The molecule has 162 valence electrons. The summed E-state index contributed by atoms with van der Waals surface area (Å²) in [4.78, 5) is 23.2. The van der Waals surface area contributed by atoms with E-state index in [-0.39, 0.29) is 11.9 Å². The summed E-state index contributed by atoms with van der Waals surface area (Å²) in [5, 5.41) is 4.72. The van der Waals surface area contributed by atoms with Gasteiger partial charge in [0.15, 0.2) is 0 Å². The predicted molar refractivity (Wildman–Crippen MR) is 126 cm³/mol. The van der Waals surface area contributed by atoms with E-state index in [0.29, 0.717) is 5.92 Å². The fraction of sp³-hybridized carbons (Fsp3) is 0.423. The maximum Gasteiger partial charge on any atom is 0.219 e. The Kier molecular flexibility index (Phi) is 5.94. The van der Waals surface area contributed by atoms with E-state index in [2.05, 4.69) is 62.5 Å². The maximum atomic E-state index is 11.7. The number of aromatic nitrogens is 2. The number of hydrogen-bond acceptors (Lipinski definition) is 4. The summed E-state index contributed by atoms with van der Waals surface area (Å²) in [7, 11) is 0. The molecule has 0 aliphatic carbocycles. The minimum absolute atomic E-state index is 0.139. The van der Waals surface area contributed by atoms with Gasteiger partial charge < -0.3 is 10.2 Å². The Bertz CT molecular complexity index is 1120. The zero-order valence-electron chi connectivity index (χ0n) is 19.2. The molecular formula is C26H32N4O. The van der Waals surface area contributed by atoms with Crippen molar-refractivity contribution in [2.75, 3.05) is 18.4 Å². The summed E-state index contributed by atoms with van der Waals surface area (Å²) in [5.41, 5.74) is 6.01. The molecule has 2 aromatic carbocycles. The lowest BCUT2D eigenvalue weighted by atomic mass is 9.87. The number of fused-ring (bicyclic) bond motifs is 1. The first-order valence-electron chi connectivity index (χ1n) is 11.2. The van der Waals surface area contributed by atoms with E-state index in [4.69, 9.17) is 9.97 Å². The molecule has 0 bridgehead atoms. The minimum atomic E-state index is 0.139. The number of hydrogen-bond donors (Lipinski definition) is 1. The van der Waals surface area contributed by atoms with E-state index in [1.54, 1.807) is 6.92 Å². The summed E-state index contributed by atoms with van der Waals surface area (Å²) in [5.74, 6) is 2.30. The molecule has 1 saturated heterocycles.